The van der Waals surface area contributed by atoms with Gasteiger partial charge in [0, 0.05) is 34.8 Å². The van der Waals surface area contributed by atoms with Gasteiger partial charge in [0.2, 0.25) is 12.7 Å². The SMILES string of the molecule is O=C(C[C@H]1C[C@@H]2c3cc(NC(=O)c4ccc5c(c4)OCO5)ccc3O[C@@H]2[C@H](CO)O1)NCc1cc(F)ccc1F. The highest BCUT2D eigenvalue weighted by Crippen LogP contribution is 2.47. The van der Waals surface area contributed by atoms with Gasteiger partial charge in [-0.15, -0.1) is 0 Å². The van der Waals surface area contributed by atoms with Gasteiger partial charge < -0.3 is 34.7 Å². The maximum Gasteiger partial charge on any atom is 0.255 e. The number of ether oxygens (including phenoxy) is 4. The van der Waals surface area contributed by atoms with E-state index >= 15 is 0 Å². The second-order valence-electron chi connectivity index (χ2n) is 9.90. The molecule has 3 aromatic carbocycles. The van der Waals surface area contributed by atoms with Crippen LogP contribution < -0.4 is 24.8 Å². The fourth-order valence-corrected chi connectivity index (χ4v) is 5.36. The standard InChI is InChI=1S/C29H26F2N2O7/c30-17-2-4-22(31)16(7-17)12-32-27(35)11-19-10-21-20-9-18(3-6-23(20)40-28(21)26(13-34)39-19)33-29(36)15-1-5-24-25(8-15)38-14-37-24/h1-9,19,21,26,28,34H,10-14H2,(H,32,35)(H,33,36)/t19-,21-,26+,28+/m1/s1. The van der Waals surface area contributed by atoms with Crippen molar-refractivity contribution in [3.63, 3.8) is 0 Å². The van der Waals surface area contributed by atoms with Gasteiger partial charge in [-0.2, -0.15) is 0 Å². The summed E-state index contributed by atoms with van der Waals surface area (Å²) in [5.41, 5.74) is 1.85. The monoisotopic (exact) mass is 552 g/mol. The van der Waals surface area contributed by atoms with Gasteiger partial charge in [0.05, 0.1) is 19.1 Å². The van der Waals surface area contributed by atoms with Crippen LogP contribution in [-0.4, -0.2) is 48.6 Å². The molecule has 3 N–H and O–H groups in total. The van der Waals surface area contributed by atoms with Gasteiger partial charge in [-0.3, -0.25) is 9.59 Å². The summed E-state index contributed by atoms with van der Waals surface area (Å²) in [6.45, 7) is -0.362. The van der Waals surface area contributed by atoms with E-state index in [4.69, 9.17) is 18.9 Å². The van der Waals surface area contributed by atoms with Crippen LogP contribution in [0.3, 0.4) is 0 Å². The number of carbonyl (C=O) groups is 2. The topological polar surface area (TPSA) is 115 Å². The first-order chi connectivity index (χ1) is 19.4. The van der Waals surface area contributed by atoms with Crippen LogP contribution in [0.5, 0.6) is 17.2 Å². The van der Waals surface area contributed by atoms with Crippen molar-refractivity contribution in [3.05, 3.63) is 82.9 Å². The highest BCUT2D eigenvalue weighted by Gasteiger charge is 2.46. The van der Waals surface area contributed by atoms with Crippen molar-refractivity contribution in [1.29, 1.82) is 0 Å². The Kier molecular flexibility index (Phi) is 6.99. The molecular formula is C29H26F2N2O7. The Morgan fingerprint density at radius 2 is 1.80 bits per heavy atom. The first-order valence-corrected chi connectivity index (χ1v) is 12.9. The molecule has 3 aromatic rings. The highest BCUT2D eigenvalue weighted by molar-refractivity contribution is 6.04. The highest BCUT2D eigenvalue weighted by atomic mass is 19.1. The van der Waals surface area contributed by atoms with Gasteiger partial charge >= 0.3 is 0 Å². The number of halogens is 2. The number of carbonyl (C=O) groups excluding carboxylic acids is 2. The summed E-state index contributed by atoms with van der Waals surface area (Å²) in [6, 6.07) is 13.3. The fourth-order valence-electron chi connectivity index (χ4n) is 5.36. The minimum atomic E-state index is -0.670. The average Bonchev–Trinajstić information content (AvgIpc) is 3.57. The molecule has 9 nitrogen and oxygen atoms in total. The Labute approximate surface area is 228 Å². The van der Waals surface area contributed by atoms with E-state index in [0.717, 1.165) is 23.8 Å². The van der Waals surface area contributed by atoms with Crippen LogP contribution in [-0.2, 0) is 16.1 Å². The summed E-state index contributed by atoms with van der Waals surface area (Å²) in [5.74, 6) is -0.410. The van der Waals surface area contributed by atoms with E-state index in [9.17, 15) is 23.5 Å². The molecule has 0 aromatic heterocycles. The summed E-state index contributed by atoms with van der Waals surface area (Å²) < 4.78 is 50.0. The van der Waals surface area contributed by atoms with E-state index in [2.05, 4.69) is 10.6 Å². The number of benzene rings is 3. The number of aliphatic hydroxyl groups is 1. The Morgan fingerprint density at radius 3 is 2.65 bits per heavy atom. The molecular weight excluding hydrogens is 526 g/mol. The molecule has 0 unspecified atom stereocenters. The van der Waals surface area contributed by atoms with Crippen LogP contribution in [0.1, 0.15) is 40.2 Å². The van der Waals surface area contributed by atoms with Crippen molar-refractivity contribution >= 4 is 17.5 Å². The quantitative estimate of drug-likeness (QED) is 0.410. The Hall–Kier alpha value is -4.22. The lowest BCUT2D eigenvalue weighted by Crippen LogP contribution is -2.47. The van der Waals surface area contributed by atoms with Gasteiger partial charge in [0.1, 0.15) is 29.6 Å². The predicted molar refractivity (Wildman–Crippen MR) is 137 cm³/mol. The lowest BCUT2D eigenvalue weighted by Gasteiger charge is -2.37. The maximum absolute atomic E-state index is 13.9. The zero-order chi connectivity index (χ0) is 27.8. The first kappa shape index (κ1) is 26.0. The van der Waals surface area contributed by atoms with E-state index in [-0.39, 0.29) is 43.8 Å². The molecule has 3 aliphatic heterocycles. The third-order valence-corrected chi connectivity index (χ3v) is 7.29. The Bertz CT molecular complexity index is 1470. The van der Waals surface area contributed by atoms with Gasteiger partial charge in [-0.05, 0) is 61.0 Å². The maximum atomic E-state index is 13.9. The van der Waals surface area contributed by atoms with Gasteiger partial charge in [-0.1, -0.05) is 0 Å². The Morgan fingerprint density at radius 1 is 0.975 bits per heavy atom. The largest absolute Gasteiger partial charge is 0.487 e. The molecule has 3 heterocycles. The molecule has 4 atom stereocenters. The average molecular weight is 553 g/mol. The van der Waals surface area contributed by atoms with Crippen LogP contribution in [0.2, 0.25) is 0 Å². The molecule has 0 radical (unpaired) electrons. The second-order valence-corrected chi connectivity index (χ2v) is 9.90. The number of amides is 2. The molecule has 0 bridgehead atoms. The molecule has 1 fully saturated rings. The zero-order valence-corrected chi connectivity index (χ0v) is 21.2. The van der Waals surface area contributed by atoms with Crippen molar-refractivity contribution in [3.8, 4) is 17.2 Å². The molecule has 0 spiro atoms. The second kappa shape index (κ2) is 10.7. The molecule has 3 aliphatic rings. The number of aliphatic hydroxyl groups excluding tert-OH is 1. The molecule has 40 heavy (non-hydrogen) atoms. The molecule has 0 saturated carbocycles. The van der Waals surface area contributed by atoms with Crippen LogP contribution in [0.15, 0.2) is 54.6 Å². The third-order valence-electron chi connectivity index (χ3n) is 7.29. The van der Waals surface area contributed by atoms with Crippen LogP contribution in [0.25, 0.3) is 0 Å². The van der Waals surface area contributed by atoms with E-state index in [0.29, 0.717) is 34.9 Å². The van der Waals surface area contributed by atoms with Gasteiger partial charge in [0.25, 0.3) is 5.91 Å². The minimum Gasteiger partial charge on any atom is -0.487 e. The summed E-state index contributed by atoms with van der Waals surface area (Å²) >= 11 is 0. The summed E-state index contributed by atoms with van der Waals surface area (Å²) in [5, 5.41) is 15.5. The van der Waals surface area contributed by atoms with E-state index in [1.807, 2.05) is 6.07 Å². The van der Waals surface area contributed by atoms with Crippen molar-refractivity contribution in [2.24, 2.45) is 0 Å². The lowest BCUT2D eigenvalue weighted by molar-refractivity contribution is -0.142. The predicted octanol–water partition coefficient (Wildman–Crippen LogP) is 3.65. The number of rotatable bonds is 7. The van der Waals surface area contributed by atoms with Crippen molar-refractivity contribution in [1.82, 2.24) is 5.32 Å². The number of hydrogen-bond acceptors (Lipinski definition) is 7. The van der Waals surface area contributed by atoms with E-state index < -0.39 is 35.9 Å². The number of hydrogen-bond donors (Lipinski definition) is 3. The molecule has 6 rings (SSSR count). The van der Waals surface area contributed by atoms with Crippen LogP contribution in [0.4, 0.5) is 14.5 Å². The van der Waals surface area contributed by atoms with Crippen LogP contribution in [0, 0.1) is 11.6 Å². The van der Waals surface area contributed by atoms with Crippen molar-refractivity contribution in [2.75, 3.05) is 18.7 Å². The number of fused-ring (bicyclic) bond motifs is 4. The molecule has 11 heteroatoms. The van der Waals surface area contributed by atoms with Gasteiger partial charge in [0.15, 0.2) is 11.5 Å². The zero-order valence-electron chi connectivity index (χ0n) is 21.2. The first-order valence-electron chi connectivity index (χ1n) is 12.9. The number of nitrogens with one attached hydrogen (secondary N) is 2. The van der Waals surface area contributed by atoms with E-state index in [1.54, 1.807) is 30.3 Å². The van der Waals surface area contributed by atoms with E-state index in [1.165, 1.54) is 0 Å². The number of anilines is 1. The van der Waals surface area contributed by atoms with Crippen molar-refractivity contribution < 1.29 is 42.4 Å². The summed E-state index contributed by atoms with van der Waals surface area (Å²) in [7, 11) is 0. The summed E-state index contributed by atoms with van der Waals surface area (Å²) in [4.78, 5) is 25.5. The van der Waals surface area contributed by atoms with Gasteiger partial charge in [-0.25, -0.2) is 8.78 Å². The van der Waals surface area contributed by atoms with Crippen LogP contribution >= 0.6 is 0 Å². The Balaban J connectivity index is 1.13. The molecule has 2 amide bonds. The molecule has 1 saturated heterocycles. The lowest BCUT2D eigenvalue weighted by atomic mass is 9.84. The van der Waals surface area contributed by atoms with Crippen molar-refractivity contribution in [2.45, 2.75) is 43.6 Å². The smallest absolute Gasteiger partial charge is 0.255 e. The minimum absolute atomic E-state index is 0.0352. The molecule has 0 aliphatic carbocycles. The third kappa shape index (κ3) is 5.17. The fraction of sp³-hybridized carbons (Fsp3) is 0.310. The summed E-state index contributed by atoms with van der Waals surface area (Å²) in [6.07, 6.45) is -1.28. The normalized spacial score (nSPS) is 22.2. The molecule has 208 valence electrons.